The van der Waals surface area contributed by atoms with Gasteiger partial charge < -0.3 is 9.80 Å². The van der Waals surface area contributed by atoms with Crippen molar-refractivity contribution in [3.8, 4) is 0 Å². The molecule has 31 heavy (non-hydrogen) atoms. The number of aromatic nitrogens is 1. The van der Waals surface area contributed by atoms with Gasteiger partial charge in [0.05, 0.1) is 26.2 Å². The number of halogens is 5. The van der Waals surface area contributed by atoms with Crippen molar-refractivity contribution in [1.82, 2.24) is 14.8 Å². The molecule has 1 aliphatic heterocycles. The van der Waals surface area contributed by atoms with E-state index in [1.165, 1.54) is 17.2 Å². The topological polar surface area (TPSA) is 82.6 Å². The lowest BCUT2D eigenvalue weighted by Gasteiger charge is -2.32. The summed E-state index contributed by atoms with van der Waals surface area (Å²) in [6, 6.07) is 3.37. The first-order valence-corrected chi connectivity index (χ1v) is 11.2. The first-order valence-electron chi connectivity index (χ1n) is 8.91. The van der Waals surface area contributed by atoms with Crippen molar-refractivity contribution in [1.29, 1.82) is 0 Å². The Kier molecular flexibility index (Phi) is 6.70. The number of rotatable bonds is 4. The monoisotopic (exact) mass is 496 g/mol. The van der Waals surface area contributed by atoms with Gasteiger partial charge >= 0.3 is 6.18 Å². The van der Waals surface area contributed by atoms with Gasteiger partial charge in [0.1, 0.15) is 0 Å². The fraction of sp³-hybridized carbons (Fsp3) is 0.333. The highest BCUT2D eigenvalue weighted by Crippen LogP contribution is 2.36. The Bertz CT molecular complexity index is 1100. The second-order valence-electron chi connectivity index (χ2n) is 6.89. The summed E-state index contributed by atoms with van der Waals surface area (Å²) in [6.07, 6.45) is -3.66. The summed E-state index contributed by atoms with van der Waals surface area (Å²) in [6.45, 7) is 2.09. The van der Waals surface area contributed by atoms with E-state index in [0.717, 1.165) is 12.1 Å². The molecular formula is C18H17Cl2F3N4O3S. The number of alkyl halides is 3. The minimum atomic E-state index is -4.84. The summed E-state index contributed by atoms with van der Waals surface area (Å²) >= 11 is 11.5. The standard InChI is InChI=1S/C18H17Cl2F3N4O3S/c1-26-4-6-27(7-5-26)17(28)16-15(8-11(19)10-24-16)25-31(29,30)12-2-3-14(20)13(9-12)18(21,22)23/h2-3,8-10,25H,4-7H2,1H3. The zero-order valence-corrected chi connectivity index (χ0v) is 18.4. The van der Waals surface area contributed by atoms with E-state index in [4.69, 9.17) is 23.2 Å². The molecule has 0 saturated carbocycles. The third-order valence-corrected chi connectivity index (χ3v) is 6.54. The second-order valence-corrected chi connectivity index (χ2v) is 9.42. The van der Waals surface area contributed by atoms with Crippen LogP contribution in [0.4, 0.5) is 18.9 Å². The molecule has 1 amide bonds. The first-order chi connectivity index (χ1) is 14.4. The zero-order chi connectivity index (χ0) is 23.0. The minimum Gasteiger partial charge on any atom is -0.335 e. The highest BCUT2D eigenvalue weighted by atomic mass is 35.5. The van der Waals surface area contributed by atoms with Gasteiger partial charge in [-0.15, -0.1) is 0 Å². The van der Waals surface area contributed by atoms with E-state index in [-0.39, 0.29) is 16.4 Å². The summed E-state index contributed by atoms with van der Waals surface area (Å²) in [5.74, 6) is -0.519. The van der Waals surface area contributed by atoms with E-state index in [1.54, 1.807) is 0 Å². The van der Waals surface area contributed by atoms with Crippen LogP contribution in [0.2, 0.25) is 10.0 Å². The predicted molar refractivity (Wildman–Crippen MR) is 110 cm³/mol. The number of carbonyl (C=O) groups is 1. The molecule has 0 spiro atoms. The highest BCUT2D eigenvalue weighted by molar-refractivity contribution is 7.92. The lowest BCUT2D eigenvalue weighted by molar-refractivity contribution is -0.137. The van der Waals surface area contributed by atoms with Crippen LogP contribution in [0.5, 0.6) is 0 Å². The number of pyridine rings is 1. The summed E-state index contributed by atoms with van der Waals surface area (Å²) in [4.78, 5) is 19.7. The number of likely N-dealkylation sites (N-methyl/N-ethyl adjacent to an activating group) is 1. The van der Waals surface area contributed by atoms with Gasteiger partial charge in [0, 0.05) is 32.4 Å². The number of benzene rings is 1. The molecule has 0 radical (unpaired) electrons. The third kappa shape index (κ3) is 5.40. The van der Waals surface area contributed by atoms with E-state index >= 15 is 0 Å². The van der Waals surface area contributed by atoms with Crippen molar-refractivity contribution in [3.63, 3.8) is 0 Å². The van der Waals surface area contributed by atoms with Gasteiger partial charge in [-0.3, -0.25) is 9.52 Å². The average Bonchev–Trinajstić information content (AvgIpc) is 2.67. The van der Waals surface area contributed by atoms with Crippen LogP contribution in [0.15, 0.2) is 35.4 Å². The second kappa shape index (κ2) is 8.81. The summed E-state index contributed by atoms with van der Waals surface area (Å²) in [5, 5.41) is -0.596. The van der Waals surface area contributed by atoms with E-state index in [1.807, 2.05) is 11.9 Å². The molecule has 0 bridgehead atoms. The van der Waals surface area contributed by atoms with E-state index in [2.05, 4.69) is 9.71 Å². The SMILES string of the molecule is CN1CCN(C(=O)c2ncc(Cl)cc2NS(=O)(=O)c2ccc(Cl)c(C(F)(F)F)c2)CC1. The van der Waals surface area contributed by atoms with Gasteiger partial charge in [0.2, 0.25) is 0 Å². The maximum Gasteiger partial charge on any atom is 0.417 e. The Morgan fingerprint density at radius 2 is 1.77 bits per heavy atom. The largest absolute Gasteiger partial charge is 0.417 e. The van der Waals surface area contributed by atoms with Crippen molar-refractivity contribution >= 4 is 44.8 Å². The smallest absolute Gasteiger partial charge is 0.335 e. The van der Waals surface area contributed by atoms with Gasteiger partial charge in [-0.2, -0.15) is 13.2 Å². The quantitative estimate of drug-likeness (QED) is 0.699. The van der Waals surface area contributed by atoms with Crippen molar-refractivity contribution in [3.05, 3.63) is 51.8 Å². The summed E-state index contributed by atoms with van der Waals surface area (Å²) < 4.78 is 67.0. The number of anilines is 1. The number of piperazine rings is 1. The lowest BCUT2D eigenvalue weighted by Crippen LogP contribution is -2.47. The number of amides is 1. The molecule has 0 unspecified atom stereocenters. The van der Waals surface area contributed by atoms with E-state index < -0.39 is 37.6 Å². The first kappa shape index (κ1) is 23.6. The van der Waals surface area contributed by atoms with Gasteiger partial charge in [-0.1, -0.05) is 23.2 Å². The number of hydrogen-bond acceptors (Lipinski definition) is 5. The predicted octanol–water partition coefficient (Wildman–Crippen LogP) is 3.60. The zero-order valence-electron chi connectivity index (χ0n) is 16.1. The molecule has 1 aromatic carbocycles. The Morgan fingerprint density at radius 3 is 2.39 bits per heavy atom. The molecule has 1 aliphatic rings. The van der Waals surface area contributed by atoms with Crippen LogP contribution in [0.25, 0.3) is 0 Å². The molecule has 2 aromatic rings. The molecule has 2 heterocycles. The summed E-state index contributed by atoms with van der Waals surface area (Å²) in [5.41, 5.74) is -1.74. The van der Waals surface area contributed by atoms with Gasteiger partial charge in [-0.25, -0.2) is 13.4 Å². The fourth-order valence-electron chi connectivity index (χ4n) is 2.94. The number of hydrogen-bond donors (Lipinski definition) is 1. The van der Waals surface area contributed by atoms with Crippen molar-refractivity contribution < 1.29 is 26.4 Å². The van der Waals surface area contributed by atoms with Crippen LogP contribution >= 0.6 is 23.2 Å². The van der Waals surface area contributed by atoms with Crippen molar-refractivity contribution in [2.45, 2.75) is 11.1 Å². The van der Waals surface area contributed by atoms with Crippen LogP contribution < -0.4 is 4.72 Å². The molecule has 1 fully saturated rings. The Balaban J connectivity index is 1.95. The average molecular weight is 497 g/mol. The maximum absolute atomic E-state index is 13.1. The highest BCUT2D eigenvalue weighted by Gasteiger charge is 2.35. The van der Waals surface area contributed by atoms with E-state index in [9.17, 15) is 26.4 Å². The number of nitrogens with one attached hydrogen (secondary N) is 1. The molecule has 1 aromatic heterocycles. The fourth-order valence-corrected chi connectivity index (χ4v) is 4.41. The van der Waals surface area contributed by atoms with Crippen LogP contribution in [-0.4, -0.2) is 62.3 Å². The Labute approximate surface area is 186 Å². The number of nitrogens with zero attached hydrogens (tertiary/aromatic N) is 3. The molecule has 0 aliphatic carbocycles. The molecule has 7 nitrogen and oxygen atoms in total. The van der Waals surface area contributed by atoms with Crippen molar-refractivity contribution in [2.24, 2.45) is 0 Å². The number of sulfonamides is 1. The Morgan fingerprint density at radius 1 is 1.13 bits per heavy atom. The summed E-state index contributed by atoms with van der Waals surface area (Å²) in [7, 11) is -2.61. The van der Waals surface area contributed by atoms with Gasteiger partial charge in [0.15, 0.2) is 5.69 Å². The lowest BCUT2D eigenvalue weighted by atomic mass is 10.2. The molecule has 3 rings (SSSR count). The third-order valence-electron chi connectivity index (χ3n) is 4.65. The molecule has 1 N–H and O–H groups in total. The van der Waals surface area contributed by atoms with E-state index in [0.29, 0.717) is 32.2 Å². The van der Waals surface area contributed by atoms with Crippen LogP contribution in [0.3, 0.4) is 0 Å². The van der Waals surface area contributed by atoms with Gasteiger partial charge in [-0.05, 0) is 31.3 Å². The molecule has 13 heteroatoms. The van der Waals surface area contributed by atoms with Crippen LogP contribution in [0.1, 0.15) is 16.1 Å². The minimum absolute atomic E-state index is 0.0414. The van der Waals surface area contributed by atoms with Gasteiger partial charge in [0.25, 0.3) is 15.9 Å². The molecule has 1 saturated heterocycles. The molecule has 168 valence electrons. The maximum atomic E-state index is 13.1. The van der Waals surface area contributed by atoms with Crippen LogP contribution in [-0.2, 0) is 16.2 Å². The normalized spacial score (nSPS) is 15.7. The Hall–Kier alpha value is -2.08. The molecule has 0 atom stereocenters. The molecular weight excluding hydrogens is 480 g/mol. The van der Waals surface area contributed by atoms with Crippen molar-refractivity contribution in [2.75, 3.05) is 37.9 Å². The van der Waals surface area contributed by atoms with Crippen LogP contribution in [0, 0.1) is 0 Å². The number of carbonyl (C=O) groups excluding carboxylic acids is 1.